The van der Waals surface area contributed by atoms with Crippen molar-refractivity contribution in [2.45, 2.75) is 26.4 Å². The van der Waals surface area contributed by atoms with Crippen LogP contribution in [-0.4, -0.2) is 54.3 Å². The summed E-state index contributed by atoms with van der Waals surface area (Å²) in [5.41, 5.74) is 0.973. The van der Waals surface area contributed by atoms with Gasteiger partial charge < -0.3 is 9.64 Å². The number of ether oxygens (including phenoxy) is 1. The summed E-state index contributed by atoms with van der Waals surface area (Å²) in [5.74, 6) is 0. The molecule has 0 fully saturated rings. The molecule has 0 bridgehead atoms. The number of amides is 1. The lowest BCUT2D eigenvalue weighted by Crippen LogP contribution is -2.33. The van der Waals surface area contributed by atoms with E-state index in [2.05, 4.69) is 5.10 Å². The van der Waals surface area contributed by atoms with Crippen molar-refractivity contribution in [3.05, 3.63) is 0 Å². The zero-order valence-corrected chi connectivity index (χ0v) is 9.73. The first-order chi connectivity index (χ1) is 6.99. The number of hydrazone groups is 1. The fourth-order valence-electron chi connectivity index (χ4n) is 1.27. The third-order valence-electron chi connectivity index (χ3n) is 1.96. The molecule has 0 aromatic heterocycles. The van der Waals surface area contributed by atoms with Gasteiger partial charge in [0.25, 0.3) is 0 Å². The quantitative estimate of drug-likeness (QED) is 0.653. The van der Waals surface area contributed by atoms with Crippen LogP contribution in [0.25, 0.3) is 0 Å². The highest BCUT2D eigenvalue weighted by molar-refractivity contribution is 5.98. The molecule has 5 nitrogen and oxygen atoms in total. The molecule has 0 saturated carbocycles. The highest BCUT2D eigenvalue weighted by Crippen LogP contribution is 2.00. The summed E-state index contributed by atoms with van der Waals surface area (Å²) in [6, 6.07) is 0. The van der Waals surface area contributed by atoms with Gasteiger partial charge >= 0.3 is 6.09 Å². The highest BCUT2D eigenvalue weighted by atomic mass is 16.6. The molecule has 0 unspecified atom stereocenters. The zero-order chi connectivity index (χ0) is 11.4. The van der Waals surface area contributed by atoms with Crippen molar-refractivity contribution in [1.82, 2.24) is 4.90 Å². The minimum absolute atomic E-state index is 0.0836. The fourth-order valence-corrected chi connectivity index (χ4v) is 1.27. The predicted molar refractivity (Wildman–Crippen MR) is 58.5 cm³/mol. The van der Waals surface area contributed by atoms with E-state index in [1.54, 1.807) is 11.7 Å². The van der Waals surface area contributed by atoms with Gasteiger partial charge in [-0.1, -0.05) is 4.68 Å². The van der Waals surface area contributed by atoms with Crippen LogP contribution in [-0.2, 0) is 4.74 Å². The van der Waals surface area contributed by atoms with E-state index < -0.39 is 0 Å². The first-order valence-electron chi connectivity index (χ1n) is 5.03. The molecule has 1 rings (SSSR count). The average Bonchev–Trinajstić information content (AvgIpc) is 2.50. The second-order valence-corrected chi connectivity index (χ2v) is 3.92. The molecular weight excluding hydrogens is 194 g/mol. The van der Waals surface area contributed by atoms with E-state index in [9.17, 15) is 4.79 Å². The van der Waals surface area contributed by atoms with E-state index in [1.165, 1.54) is 4.90 Å². The maximum absolute atomic E-state index is 11.4. The number of carbonyl (C=O) groups excluding carboxylic acids is 1. The van der Waals surface area contributed by atoms with Crippen molar-refractivity contribution in [2.24, 2.45) is 5.10 Å². The number of carbonyl (C=O) groups is 1. The van der Waals surface area contributed by atoms with Gasteiger partial charge in [-0.2, -0.15) is 0 Å². The Kier molecular flexibility index (Phi) is 3.82. The van der Waals surface area contributed by atoms with E-state index in [0.717, 1.165) is 12.1 Å². The number of rotatable bonds is 3. The van der Waals surface area contributed by atoms with Crippen LogP contribution in [0.2, 0.25) is 0 Å². The minimum atomic E-state index is -0.303. The Balaban J connectivity index is 2.39. The van der Waals surface area contributed by atoms with E-state index in [4.69, 9.17) is 4.74 Å². The van der Waals surface area contributed by atoms with Gasteiger partial charge in [0, 0.05) is 7.05 Å². The van der Waals surface area contributed by atoms with Crippen molar-refractivity contribution in [1.29, 1.82) is 0 Å². The van der Waals surface area contributed by atoms with Crippen molar-refractivity contribution in [3.63, 3.8) is 0 Å². The molecule has 0 aromatic carbocycles. The summed E-state index contributed by atoms with van der Waals surface area (Å²) in [6.45, 7) is 4.19. The molecule has 1 aliphatic heterocycles. The maximum Gasteiger partial charge on any atom is 0.410 e. The predicted octanol–water partition coefficient (Wildman–Crippen LogP) is 0.936. The SMILES string of the molecule is CC(C)OC(=O)N(C)CC1=N[N+](C)=CC1. The Labute approximate surface area is 90.0 Å². The van der Waals surface area contributed by atoms with Crippen LogP contribution in [0, 0.1) is 0 Å². The lowest BCUT2D eigenvalue weighted by molar-refractivity contribution is -0.494. The van der Waals surface area contributed by atoms with Gasteiger partial charge in [-0.3, -0.25) is 0 Å². The molecule has 0 atom stereocenters. The molecule has 1 amide bonds. The monoisotopic (exact) mass is 212 g/mol. The van der Waals surface area contributed by atoms with Crippen LogP contribution in [0.4, 0.5) is 4.79 Å². The first kappa shape index (κ1) is 11.7. The van der Waals surface area contributed by atoms with E-state index in [-0.39, 0.29) is 12.2 Å². The van der Waals surface area contributed by atoms with Crippen LogP contribution in [0.15, 0.2) is 5.10 Å². The molecule has 0 saturated heterocycles. The second kappa shape index (κ2) is 4.91. The van der Waals surface area contributed by atoms with Crippen molar-refractivity contribution in [2.75, 3.05) is 20.6 Å². The molecule has 0 aliphatic carbocycles. The van der Waals surface area contributed by atoms with Crippen molar-refractivity contribution < 1.29 is 14.2 Å². The summed E-state index contributed by atoms with van der Waals surface area (Å²) in [7, 11) is 3.59. The molecular formula is C10H18N3O2+. The van der Waals surface area contributed by atoms with Crippen LogP contribution in [0.3, 0.4) is 0 Å². The molecule has 0 radical (unpaired) electrons. The lowest BCUT2D eigenvalue weighted by atomic mass is 10.3. The normalized spacial score (nSPS) is 15.0. The summed E-state index contributed by atoms with van der Waals surface area (Å²) in [5, 5.41) is 4.23. The Morgan fingerprint density at radius 3 is 2.87 bits per heavy atom. The molecule has 84 valence electrons. The summed E-state index contributed by atoms with van der Waals surface area (Å²) in [6.07, 6.45) is 2.38. The van der Waals surface area contributed by atoms with Crippen LogP contribution in [0.5, 0.6) is 0 Å². The van der Waals surface area contributed by atoms with Gasteiger partial charge in [0.1, 0.15) is 5.71 Å². The average molecular weight is 212 g/mol. The Morgan fingerprint density at radius 2 is 2.40 bits per heavy atom. The van der Waals surface area contributed by atoms with E-state index in [1.807, 2.05) is 27.1 Å². The minimum Gasteiger partial charge on any atom is -0.447 e. The first-order valence-corrected chi connectivity index (χ1v) is 5.03. The second-order valence-electron chi connectivity index (χ2n) is 3.92. The molecule has 1 heterocycles. The summed E-state index contributed by atoms with van der Waals surface area (Å²) in [4.78, 5) is 13.0. The van der Waals surface area contributed by atoms with Crippen molar-refractivity contribution >= 4 is 18.0 Å². The zero-order valence-electron chi connectivity index (χ0n) is 9.73. The molecule has 0 N–H and O–H groups in total. The third kappa shape index (κ3) is 3.69. The Morgan fingerprint density at radius 1 is 1.73 bits per heavy atom. The Bertz CT molecular complexity index is 308. The van der Waals surface area contributed by atoms with E-state index >= 15 is 0 Å². The van der Waals surface area contributed by atoms with Crippen LogP contribution in [0.1, 0.15) is 20.3 Å². The van der Waals surface area contributed by atoms with Gasteiger partial charge in [-0.25, -0.2) is 4.79 Å². The van der Waals surface area contributed by atoms with Gasteiger partial charge in [-0.15, -0.1) is 0 Å². The summed E-state index contributed by atoms with van der Waals surface area (Å²) < 4.78 is 6.82. The topological polar surface area (TPSA) is 44.9 Å². The standard InChI is InChI=1S/C10H18N3O2/c1-8(2)15-10(14)12(3)7-9-5-6-13(4)11-9/h6,8H,5,7H2,1-4H3/q+1. The van der Waals surface area contributed by atoms with Gasteiger partial charge in [0.05, 0.1) is 19.1 Å². The molecule has 1 aliphatic rings. The number of hydrogen-bond donors (Lipinski definition) is 0. The van der Waals surface area contributed by atoms with Crippen molar-refractivity contribution in [3.8, 4) is 0 Å². The molecule has 15 heavy (non-hydrogen) atoms. The fraction of sp³-hybridized carbons (Fsp3) is 0.700. The summed E-state index contributed by atoms with van der Waals surface area (Å²) >= 11 is 0. The lowest BCUT2D eigenvalue weighted by Gasteiger charge is -2.17. The van der Waals surface area contributed by atoms with E-state index in [0.29, 0.717) is 6.54 Å². The van der Waals surface area contributed by atoms with Crippen LogP contribution < -0.4 is 0 Å². The molecule has 0 spiro atoms. The molecule has 0 aromatic rings. The van der Waals surface area contributed by atoms with Gasteiger partial charge in [0.2, 0.25) is 0 Å². The Hall–Kier alpha value is -1.39. The maximum atomic E-state index is 11.4. The van der Waals surface area contributed by atoms with Gasteiger partial charge in [0.15, 0.2) is 13.3 Å². The smallest absolute Gasteiger partial charge is 0.410 e. The molecule has 5 heteroatoms. The van der Waals surface area contributed by atoms with Crippen LogP contribution >= 0.6 is 0 Å². The largest absolute Gasteiger partial charge is 0.447 e. The highest BCUT2D eigenvalue weighted by Gasteiger charge is 2.18. The third-order valence-corrected chi connectivity index (χ3v) is 1.96. The number of hydrogen-bond acceptors (Lipinski definition) is 3. The number of nitrogens with zero attached hydrogens (tertiary/aromatic N) is 3. The van der Waals surface area contributed by atoms with Gasteiger partial charge in [-0.05, 0) is 18.9 Å².